The van der Waals surface area contributed by atoms with Gasteiger partial charge < -0.3 is 4.74 Å². The SMILES string of the molecule is C=CCN([C@@H]1c2c(n(S(=O)(=O)c3ccccc3)c3ccccc23)CC[C@]1(CC)C(=O)OC)[S@](=O)C(C)(C)C. The van der Waals surface area contributed by atoms with Crippen molar-refractivity contribution in [2.45, 2.75) is 62.6 Å². The largest absolute Gasteiger partial charge is 0.469 e. The van der Waals surface area contributed by atoms with E-state index in [-0.39, 0.29) is 11.4 Å². The molecule has 0 fully saturated rings. The predicted octanol–water partition coefficient (Wildman–Crippen LogP) is 5.39. The lowest BCUT2D eigenvalue weighted by Gasteiger charge is -2.47. The Morgan fingerprint density at radius 1 is 1.18 bits per heavy atom. The first-order valence-electron chi connectivity index (χ1n) is 12.8. The first-order chi connectivity index (χ1) is 18.0. The Morgan fingerprint density at radius 3 is 2.39 bits per heavy atom. The molecule has 0 amide bonds. The van der Waals surface area contributed by atoms with Crippen molar-refractivity contribution in [2.75, 3.05) is 13.7 Å². The monoisotopic (exact) mass is 556 g/mol. The van der Waals surface area contributed by atoms with Gasteiger partial charge in [-0.05, 0) is 58.2 Å². The number of aromatic nitrogens is 1. The fraction of sp³-hybridized carbons (Fsp3) is 0.414. The standard InChI is InChI=1S/C29H36N2O5S2/c1-7-20-30(37(33)28(3,4)5)26-25-22-16-12-13-17-23(22)31(38(34,35)21-14-10-9-11-15-21)24(25)18-19-29(26,8-2)27(32)36-6/h7,9-17,26H,1,8,18-20H2,2-6H3/t26-,29+,37-/m1/s1. The van der Waals surface area contributed by atoms with Crippen LogP contribution in [0.2, 0.25) is 0 Å². The highest BCUT2D eigenvalue weighted by atomic mass is 32.2. The molecule has 0 spiro atoms. The van der Waals surface area contributed by atoms with Gasteiger partial charge in [0, 0.05) is 23.2 Å². The average Bonchev–Trinajstić information content (AvgIpc) is 3.25. The number of carbonyl (C=O) groups is 1. The van der Waals surface area contributed by atoms with Gasteiger partial charge in [-0.2, -0.15) is 0 Å². The van der Waals surface area contributed by atoms with E-state index in [1.807, 2.05) is 45.9 Å². The number of benzene rings is 2. The molecular weight excluding hydrogens is 520 g/mol. The topological polar surface area (TPSA) is 85.7 Å². The summed E-state index contributed by atoms with van der Waals surface area (Å²) in [5, 5.41) is 0.716. The van der Waals surface area contributed by atoms with Crippen LogP contribution >= 0.6 is 0 Å². The third-order valence-corrected chi connectivity index (χ3v) is 11.0. The zero-order valence-corrected chi connectivity index (χ0v) is 24.3. The van der Waals surface area contributed by atoms with Crippen LogP contribution in [0.5, 0.6) is 0 Å². The first kappa shape index (κ1) is 28.3. The minimum atomic E-state index is -3.96. The molecule has 9 heteroatoms. The Balaban J connectivity index is 2.13. The van der Waals surface area contributed by atoms with E-state index >= 15 is 0 Å². The van der Waals surface area contributed by atoms with Crippen LogP contribution in [0.3, 0.4) is 0 Å². The highest BCUT2D eigenvalue weighted by Gasteiger charge is 2.55. The molecule has 1 aromatic heterocycles. The molecule has 0 unspecified atom stereocenters. The number of para-hydroxylation sites is 1. The van der Waals surface area contributed by atoms with Crippen LogP contribution in [0, 0.1) is 5.41 Å². The summed E-state index contributed by atoms with van der Waals surface area (Å²) < 4.78 is 50.2. The number of methoxy groups -OCH3 is 1. The second-order valence-corrected chi connectivity index (χ2v) is 14.6. The molecule has 0 aliphatic heterocycles. The smallest absolute Gasteiger partial charge is 0.313 e. The lowest BCUT2D eigenvalue weighted by Crippen LogP contribution is -2.52. The summed E-state index contributed by atoms with van der Waals surface area (Å²) in [5.74, 6) is -0.390. The second-order valence-electron chi connectivity index (χ2n) is 10.6. The maximum absolute atomic E-state index is 14.1. The van der Waals surface area contributed by atoms with E-state index in [2.05, 4.69) is 6.58 Å². The van der Waals surface area contributed by atoms with Crippen molar-refractivity contribution in [3.8, 4) is 0 Å². The fourth-order valence-corrected chi connectivity index (χ4v) is 8.71. The van der Waals surface area contributed by atoms with Gasteiger partial charge in [0.2, 0.25) is 0 Å². The van der Waals surface area contributed by atoms with Gasteiger partial charge in [-0.3, -0.25) is 4.79 Å². The summed E-state index contributed by atoms with van der Waals surface area (Å²) in [5.41, 5.74) is 0.811. The molecule has 1 heterocycles. The predicted molar refractivity (Wildman–Crippen MR) is 152 cm³/mol. The minimum absolute atomic E-state index is 0.182. The molecule has 0 radical (unpaired) electrons. The van der Waals surface area contributed by atoms with Crippen molar-refractivity contribution in [2.24, 2.45) is 5.41 Å². The summed E-state index contributed by atoms with van der Waals surface area (Å²) in [6.45, 7) is 11.7. The van der Waals surface area contributed by atoms with E-state index in [0.717, 1.165) is 0 Å². The molecule has 7 nitrogen and oxygen atoms in total. The number of fused-ring (bicyclic) bond motifs is 3. The number of rotatable bonds is 8. The van der Waals surface area contributed by atoms with Gasteiger partial charge in [-0.15, -0.1) is 6.58 Å². The summed E-state index contributed by atoms with van der Waals surface area (Å²) in [4.78, 5) is 13.8. The van der Waals surface area contributed by atoms with Crippen LogP contribution in [0.1, 0.15) is 57.8 Å². The van der Waals surface area contributed by atoms with Gasteiger partial charge in [-0.25, -0.2) is 20.9 Å². The van der Waals surface area contributed by atoms with Crippen molar-refractivity contribution in [1.29, 1.82) is 0 Å². The lowest BCUT2D eigenvalue weighted by molar-refractivity contribution is -0.158. The molecular formula is C29H36N2O5S2. The number of nitrogens with zero attached hydrogens (tertiary/aromatic N) is 2. The summed E-state index contributed by atoms with van der Waals surface area (Å²) >= 11 is 0. The molecule has 1 aliphatic carbocycles. The third kappa shape index (κ3) is 4.44. The van der Waals surface area contributed by atoms with Gasteiger partial charge in [0.15, 0.2) is 0 Å². The van der Waals surface area contributed by atoms with Gasteiger partial charge in [0.25, 0.3) is 10.0 Å². The van der Waals surface area contributed by atoms with Crippen LogP contribution in [-0.4, -0.2) is 45.3 Å². The summed E-state index contributed by atoms with van der Waals surface area (Å²) in [6.07, 6.45) is 2.81. The van der Waals surface area contributed by atoms with Crippen LogP contribution in [0.4, 0.5) is 0 Å². The number of carbonyl (C=O) groups excluding carboxylic acids is 1. The molecule has 4 rings (SSSR count). The molecule has 1 aliphatic rings. The van der Waals surface area contributed by atoms with Crippen LogP contribution in [0.15, 0.2) is 72.1 Å². The van der Waals surface area contributed by atoms with Gasteiger partial charge in [-0.1, -0.05) is 49.4 Å². The Labute approximate surface area is 228 Å². The maximum atomic E-state index is 14.1. The first-order valence-corrected chi connectivity index (χ1v) is 15.3. The molecule has 3 atom stereocenters. The van der Waals surface area contributed by atoms with Crippen molar-refractivity contribution in [3.05, 3.63) is 78.5 Å². The molecule has 0 saturated heterocycles. The van der Waals surface area contributed by atoms with Gasteiger partial charge in [0.05, 0.1) is 33.7 Å². The van der Waals surface area contributed by atoms with Crippen LogP contribution < -0.4 is 0 Å². The number of esters is 1. The van der Waals surface area contributed by atoms with E-state index < -0.39 is 43.2 Å². The summed E-state index contributed by atoms with van der Waals surface area (Å²) in [7, 11) is -4.13. The Kier molecular flexibility index (Phi) is 7.76. The second kappa shape index (κ2) is 10.4. The molecule has 2 aromatic carbocycles. The van der Waals surface area contributed by atoms with Crippen LogP contribution in [0.25, 0.3) is 10.9 Å². The Hall–Kier alpha value is -2.75. The van der Waals surface area contributed by atoms with Crippen molar-refractivity contribution >= 4 is 37.9 Å². The maximum Gasteiger partial charge on any atom is 0.313 e. The van der Waals surface area contributed by atoms with E-state index in [0.29, 0.717) is 41.4 Å². The lowest BCUT2D eigenvalue weighted by atomic mass is 9.67. The van der Waals surface area contributed by atoms with Gasteiger partial charge >= 0.3 is 5.97 Å². The fourth-order valence-electron chi connectivity index (χ4n) is 5.66. The van der Waals surface area contributed by atoms with Crippen molar-refractivity contribution in [1.82, 2.24) is 8.28 Å². The highest BCUT2D eigenvalue weighted by Crippen LogP contribution is 2.54. The van der Waals surface area contributed by atoms with E-state index in [9.17, 15) is 17.4 Å². The Morgan fingerprint density at radius 2 is 1.82 bits per heavy atom. The molecule has 3 aromatic rings. The van der Waals surface area contributed by atoms with Gasteiger partial charge in [0.1, 0.15) is 11.0 Å². The number of hydrogen-bond acceptors (Lipinski definition) is 5. The molecule has 0 N–H and O–H groups in total. The van der Waals surface area contributed by atoms with E-state index in [1.165, 1.54) is 11.1 Å². The molecule has 0 bridgehead atoms. The van der Waals surface area contributed by atoms with Crippen molar-refractivity contribution < 1.29 is 22.2 Å². The molecule has 38 heavy (non-hydrogen) atoms. The number of ether oxygens (including phenoxy) is 1. The number of hydrogen-bond donors (Lipinski definition) is 0. The average molecular weight is 557 g/mol. The molecule has 204 valence electrons. The zero-order valence-electron chi connectivity index (χ0n) is 22.6. The quantitative estimate of drug-likeness (QED) is 0.275. The zero-order chi connectivity index (χ0) is 27.9. The third-order valence-electron chi connectivity index (χ3n) is 7.41. The van der Waals surface area contributed by atoms with Crippen LogP contribution in [-0.2, 0) is 37.0 Å². The Bertz CT molecular complexity index is 1490. The minimum Gasteiger partial charge on any atom is -0.469 e. The van der Waals surface area contributed by atoms with Crippen molar-refractivity contribution in [3.63, 3.8) is 0 Å². The van der Waals surface area contributed by atoms with E-state index in [4.69, 9.17) is 4.74 Å². The highest BCUT2D eigenvalue weighted by molar-refractivity contribution is 7.90. The summed E-state index contributed by atoms with van der Waals surface area (Å²) in [6, 6.07) is 15.0. The molecule has 0 saturated carbocycles. The normalized spacial score (nSPS) is 20.7. The van der Waals surface area contributed by atoms with E-state index in [1.54, 1.807) is 46.8 Å².